The maximum atomic E-state index is 12.6. The van der Waals surface area contributed by atoms with E-state index in [9.17, 15) is 4.79 Å². The van der Waals surface area contributed by atoms with Crippen LogP contribution in [0.1, 0.15) is 21.7 Å². The third-order valence-corrected chi connectivity index (χ3v) is 4.53. The van der Waals surface area contributed by atoms with E-state index in [4.69, 9.17) is 16.3 Å². The van der Waals surface area contributed by atoms with Crippen molar-refractivity contribution in [1.29, 1.82) is 0 Å². The van der Waals surface area contributed by atoms with Gasteiger partial charge in [0.25, 0.3) is 5.91 Å². The van der Waals surface area contributed by atoms with E-state index in [0.717, 1.165) is 16.3 Å². The van der Waals surface area contributed by atoms with Crippen molar-refractivity contribution in [2.45, 2.75) is 19.4 Å². The van der Waals surface area contributed by atoms with Gasteiger partial charge in [-0.05, 0) is 24.6 Å². The molecule has 1 aliphatic rings. The number of amides is 1. The molecule has 1 aromatic carbocycles. The third-order valence-electron chi connectivity index (χ3n) is 4.16. The number of halogens is 1. The number of hydrogen-bond acceptors (Lipinski definition) is 3. The van der Waals surface area contributed by atoms with E-state index in [1.807, 2.05) is 49.2 Å². The van der Waals surface area contributed by atoms with E-state index in [0.29, 0.717) is 31.8 Å². The van der Waals surface area contributed by atoms with Crippen molar-refractivity contribution in [2.24, 2.45) is 7.05 Å². The second-order valence-electron chi connectivity index (χ2n) is 5.83. The van der Waals surface area contributed by atoms with Crippen molar-refractivity contribution in [1.82, 2.24) is 14.7 Å². The summed E-state index contributed by atoms with van der Waals surface area (Å²) in [6, 6.07) is 9.56. The minimum Gasteiger partial charge on any atom is -0.374 e. The Bertz CT molecular complexity index is 694. The normalized spacial score (nSPS) is 18.2. The summed E-state index contributed by atoms with van der Waals surface area (Å²) in [5, 5.41) is 5.01. The molecule has 1 aromatic heterocycles. The van der Waals surface area contributed by atoms with Gasteiger partial charge in [0.15, 0.2) is 5.69 Å². The minimum atomic E-state index is -0.0441. The van der Waals surface area contributed by atoms with Gasteiger partial charge in [0, 0.05) is 37.3 Å². The van der Waals surface area contributed by atoms with Gasteiger partial charge in [0.1, 0.15) is 0 Å². The largest absolute Gasteiger partial charge is 0.374 e. The van der Waals surface area contributed by atoms with Crippen LogP contribution in [-0.4, -0.2) is 46.4 Å². The van der Waals surface area contributed by atoms with Crippen molar-refractivity contribution in [2.75, 3.05) is 19.7 Å². The Morgan fingerprint density at radius 1 is 1.43 bits per heavy atom. The number of carbonyl (C=O) groups is 1. The maximum Gasteiger partial charge on any atom is 0.274 e. The van der Waals surface area contributed by atoms with Gasteiger partial charge in [-0.1, -0.05) is 29.8 Å². The zero-order valence-corrected chi connectivity index (χ0v) is 14.1. The zero-order valence-electron chi connectivity index (χ0n) is 13.3. The predicted molar refractivity (Wildman–Crippen MR) is 88.7 cm³/mol. The number of morpholine rings is 1. The van der Waals surface area contributed by atoms with Crippen molar-refractivity contribution in [3.63, 3.8) is 0 Å². The summed E-state index contributed by atoms with van der Waals surface area (Å²) >= 11 is 6.21. The van der Waals surface area contributed by atoms with Crippen LogP contribution in [0.4, 0.5) is 0 Å². The standard InChI is InChI=1S/C17H20ClN3O2/c1-12-9-16(19-20(12)2)17(22)21-7-8-23-14(11-21)10-13-5-3-4-6-15(13)18/h3-6,9,14H,7-8,10-11H2,1-2H3/t14-/m0/s1. The van der Waals surface area contributed by atoms with Crippen LogP contribution >= 0.6 is 11.6 Å². The van der Waals surface area contributed by atoms with Crippen LogP contribution in [0.2, 0.25) is 5.02 Å². The van der Waals surface area contributed by atoms with E-state index in [-0.39, 0.29) is 12.0 Å². The Morgan fingerprint density at radius 2 is 2.22 bits per heavy atom. The molecule has 0 spiro atoms. The molecule has 1 amide bonds. The van der Waals surface area contributed by atoms with Crippen LogP contribution in [0.15, 0.2) is 30.3 Å². The fourth-order valence-corrected chi connectivity index (χ4v) is 2.98. The highest BCUT2D eigenvalue weighted by molar-refractivity contribution is 6.31. The summed E-state index contributed by atoms with van der Waals surface area (Å²) in [5.74, 6) is -0.0406. The molecular weight excluding hydrogens is 314 g/mol. The van der Waals surface area contributed by atoms with Gasteiger partial charge < -0.3 is 9.64 Å². The van der Waals surface area contributed by atoms with E-state index in [1.54, 1.807) is 4.68 Å². The number of nitrogens with zero attached hydrogens (tertiary/aromatic N) is 3. The highest BCUT2D eigenvalue weighted by Crippen LogP contribution is 2.20. The Kier molecular flexibility index (Phi) is 4.68. The predicted octanol–water partition coefficient (Wildman–Crippen LogP) is 2.47. The van der Waals surface area contributed by atoms with Crippen molar-refractivity contribution < 1.29 is 9.53 Å². The second kappa shape index (κ2) is 6.72. The summed E-state index contributed by atoms with van der Waals surface area (Å²) in [5.41, 5.74) is 2.50. The van der Waals surface area contributed by atoms with Crippen LogP contribution < -0.4 is 0 Å². The van der Waals surface area contributed by atoms with E-state index >= 15 is 0 Å². The molecule has 0 saturated carbocycles. The number of carbonyl (C=O) groups excluding carboxylic acids is 1. The van der Waals surface area contributed by atoms with Crippen LogP contribution in [0.25, 0.3) is 0 Å². The molecule has 1 fully saturated rings. The molecule has 122 valence electrons. The average Bonchev–Trinajstić information content (AvgIpc) is 2.88. The molecule has 23 heavy (non-hydrogen) atoms. The molecule has 1 saturated heterocycles. The quantitative estimate of drug-likeness (QED) is 0.867. The smallest absolute Gasteiger partial charge is 0.274 e. The maximum absolute atomic E-state index is 12.6. The van der Waals surface area contributed by atoms with E-state index < -0.39 is 0 Å². The van der Waals surface area contributed by atoms with Gasteiger partial charge in [-0.3, -0.25) is 9.48 Å². The summed E-state index contributed by atoms with van der Waals surface area (Å²) in [6.07, 6.45) is 0.655. The molecule has 5 nitrogen and oxygen atoms in total. The Hall–Kier alpha value is -1.85. The molecule has 1 atom stereocenters. The molecule has 1 aliphatic heterocycles. The lowest BCUT2D eigenvalue weighted by Gasteiger charge is -2.32. The van der Waals surface area contributed by atoms with E-state index in [1.165, 1.54) is 0 Å². The first-order valence-corrected chi connectivity index (χ1v) is 8.07. The molecule has 6 heteroatoms. The number of aromatic nitrogens is 2. The molecule has 0 aliphatic carbocycles. The average molecular weight is 334 g/mol. The summed E-state index contributed by atoms with van der Waals surface area (Å²) in [4.78, 5) is 14.4. The van der Waals surface area contributed by atoms with Gasteiger partial charge in [0.2, 0.25) is 0 Å². The Labute approximate surface area is 140 Å². The third kappa shape index (κ3) is 3.57. The highest BCUT2D eigenvalue weighted by Gasteiger charge is 2.27. The number of benzene rings is 1. The van der Waals surface area contributed by atoms with Gasteiger partial charge >= 0.3 is 0 Å². The van der Waals surface area contributed by atoms with Crippen LogP contribution in [0.3, 0.4) is 0 Å². The first kappa shape index (κ1) is 16.0. The highest BCUT2D eigenvalue weighted by atomic mass is 35.5. The fraction of sp³-hybridized carbons (Fsp3) is 0.412. The first-order chi connectivity index (χ1) is 11.0. The molecular formula is C17H20ClN3O2. The Morgan fingerprint density at radius 3 is 2.91 bits per heavy atom. The number of rotatable bonds is 3. The van der Waals surface area contributed by atoms with Crippen LogP contribution in [-0.2, 0) is 18.2 Å². The Balaban J connectivity index is 1.68. The summed E-state index contributed by atoms with van der Waals surface area (Å²) in [6.45, 7) is 3.61. The first-order valence-electron chi connectivity index (χ1n) is 7.69. The van der Waals surface area contributed by atoms with Crippen LogP contribution in [0, 0.1) is 6.92 Å². The minimum absolute atomic E-state index is 0.0406. The lowest BCUT2D eigenvalue weighted by molar-refractivity contribution is -0.0210. The zero-order chi connectivity index (χ0) is 16.4. The summed E-state index contributed by atoms with van der Waals surface area (Å²) < 4.78 is 7.52. The topological polar surface area (TPSA) is 47.4 Å². The van der Waals surface area contributed by atoms with Crippen molar-refractivity contribution in [3.05, 3.63) is 52.3 Å². The molecule has 3 rings (SSSR count). The number of aryl methyl sites for hydroxylation is 2. The van der Waals surface area contributed by atoms with Crippen molar-refractivity contribution in [3.8, 4) is 0 Å². The fourth-order valence-electron chi connectivity index (χ4n) is 2.76. The van der Waals surface area contributed by atoms with E-state index in [2.05, 4.69) is 5.10 Å². The molecule has 0 bridgehead atoms. The molecule has 2 aromatic rings. The van der Waals surface area contributed by atoms with Gasteiger partial charge in [-0.15, -0.1) is 0 Å². The molecule has 0 unspecified atom stereocenters. The lowest BCUT2D eigenvalue weighted by atomic mass is 10.1. The lowest BCUT2D eigenvalue weighted by Crippen LogP contribution is -2.46. The van der Waals surface area contributed by atoms with Gasteiger partial charge in [-0.25, -0.2) is 0 Å². The number of hydrogen-bond donors (Lipinski definition) is 0. The number of ether oxygens (including phenoxy) is 1. The molecule has 0 N–H and O–H groups in total. The second-order valence-corrected chi connectivity index (χ2v) is 6.24. The SMILES string of the molecule is Cc1cc(C(=O)N2CCO[C@@H](Cc3ccccc3Cl)C2)nn1C. The molecule has 2 heterocycles. The molecule has 0 radical (unpaired) electrons. The van der Waals surface area contributed by atoms with Crippen molar-refractivity contribution >= 4 is 17.5 Å². The van der Waals surface area contributed by atoms with Gasteiger partial charge in [0.05, 0.1) is 12.7 Å². The van der Waals surface area contributed by atoms with Gasteiger partial charge in [-0.2, -0.15) is 5.10 Å². The van der Waals surface area contributed by atoms with Crippen LogP contribution in [0.5, 0.6) is 0 Å². The monoisotopic (exact) mass is 333 g/mol. The summed E-state index contributed by atoms with van der Waals surface area (Å²) in [7, 11) is 1.84.